The van der Waals surface area contributed by atoms with Gasteiger partial charge in [-0.1, -0.05) is 18.2 Å². The van der Waals surface area contributed by atoms with Crippen LogP contribution in [0.4, 0.5) is 0 Å². The Labute approximate surface area is 161 Å². The van der Waals surface area contributed by atoms with Crippen molar-refractivity contribution < 1.29 is 9.53 Å². The summed E-state index contributed by atoms with van der Waals surface area (Å²) in [5.41, 5.74) is 4.04. The van der Waals surface area contributed by atoms with E-state index in [0.717, 1.165) is 62.0 Å². The van der Waals surface area contributed by atoms with Gasteiger partial charge < -0.3 is 14.2 Å². The van der Waals surface area contributed by atoms with E-state index in [4.69, 9.17) is 4.74 Å². The van der Waals surface area contributed by atoms with E-state index in [1.165, 1.54) is 12.8 Å². The van der Waals surface area contributed by atoms with Crippen molar-refractivity contribution in [3.63, 3.8) is 0 Å². The van der Waals surface area contributed by atoms with E-state index in [0.29, 0.717) is 6.10 Å². The van der Waals surface area contributed by atoms with Crippen LogP contribution in [0.15, 0.2) is 36.4 Å². The number of hydrogen-bond acceptors (Lipinski definition) is 3. The normalized spacial score (nSPS) is 21.0. The van der Waals surface area contributed by atoms with Gasteiger partial charge in [0.05, 0.1) is 11.7 Å². The van der Waals surface area contributed by atoms with Crippen LogP contribution in [0.25, 0.3) is 5.69 Å². The molecular weight excluding hydrogens is 338 g/mol. The number of aromatic nitrogens is 1. The van der Waals surface area contributed by atoms with Crippen molar-refractivity contribution in [3.05, 3.63) is 53.3 Å². The predicted molar refractivity (Wildman–Crippen MR) is 107 cm³/mol. The Hall–Kier alpha value is -2.11. The molecule has 0 radical (unpaired) electrons. The zero-order valence-corrected chi connectivity index (χ0v) is 16.4. The van der Waals surface area contributed by atoms with Crippen LogP contribution in [-0.2, 0) is 4.74 Å². The zero-order chi connectivity index (χ0) is 18.8. The topological polar surface area (TPSA) is 37.7 Å². The van der Waals surface area contributed by atoms with Crippen LogP contribution in [-0.4, -0.2) is 65.7 Å². The fraction of sp³-hybridized carbons (Fsp3) is 0.500. The van der Waals surface area contributed by atoms with Crippen LogP contribution in [0.3, 0.4) is 0 Å². The van der Waals surface area contributed by atoms with E-state index in [1.54, 1.807) is 0 Å². The molecule has 5 heteroatoms. The van der Waals surface area contributed by atoms with Gasteiger partial charge in [0, 0.05) is 56.4 Å². The lowest BCUT2D eigenvalue weighted by molar-refractivity contribution is 0.0432. The number of carbonyl (C=O) groups excluding carboxylic acids is 1. The number of carbonyl (C=O) groups is 1. The summed E-state index contributed by atoms with van der Waals surface area (Å²) in [6.45, 7) is 9.47. The molecule has 5 nitrogen and oxygen atoms in total. The van der Waals surface area contributed by atoms with Crippen LogP contribution in [0.1, 0.15) is 34.6 Å². The van der Waals surface area contributed by atoms with Crippen LogP contribution in [0.2, 0.25) is 0 Å². The van der Waals surface area contributed by atoms with E-state index in [1.807, 2.05) is 36.1 Å². The summed E-state index contributed by atoms with van der Waals surface area (Å²) in [5.74, 6) is 0.155. The van der Waals surface area contributed by atoms with Crippen LogP contribution in [0, 0.1) is 13.8 Å². The molecule has 2 aliphatic heterocycles. The second-order valence-electron chi connectivity index (χ2n) is 7.68. The summed E-state index contributed by atoms with van der Waals surface area (Å²) in [5, 5.41) is 0. The standard InChI is InChI=1S/C22H29N3O2/c1-17-15-21(18(2)25(17)19-7-4-3-5-8-19)22(26)24-12-10-23(11-13-24)16-20-9-6-14-27-20/h3-5,7-8,15,20H,6,9-14,16H2,1-2H3. The number of aryl methyl sites for hydroxylation is 1. The van der Waals surface area contributed by atoms with E-state index in [-0.39, 0.29) is 5.91 Å². The number of ether oxygens (including phenoxy) is 1. The Balaban J connectivity index is 1.43. The Morgan fingerprint density at radius 1 is 1.11 bits per heavy atom. The first kappa shape index (κ1) is 18.3. The van der Waals surface area contributed by atoms with Crippen molar-refractivity contribution in [2.75, 3.05) is 39.3 Å². The summed E-state index contributed by atoms with van der Waals surface area (Å²) in [4.78, 5) is 17.6. The predicted octanol–water partition coefficient (Wildman–Crippen LogP) is 3.03. The van der Waals surface area contributed by atoms with Gasteiger partial charge in [0.15, 0.2) is 0 Å². The number of piperazine rings is 1. The van der Waals surface area contributed by atoms with Gasteiger partial charge in [-0.3, -0.25) is 9.69 Å². The van der Waals surface area contributed by atoms with Crippen LogP contribution < -0.4 is 0 Å². The monoisotopic (exact) mass is 367 g/mol. The van der Waals surface area contributed by atoms with Gasteiger partial charge >= 0.3 is 0 Å². The van der Waals surface area contributed by atoms with Crippen molar-refractivity contribution >= 4 is 5.91 Å². The number of hydrogen-bond donors (Lipinski definition) is 0. The Morgan fingerprint density at radius 2 is 1.85 bits per heavy atom. The Kier molecular flexibility index (Phi) is 5.32. The maximum atomic E-state index is 13.1. The molecule has 1 unspecified atom stereocenters. The third kappa shape index (κ3) is 3.80. The molecule has 2 saturated heterocycles. The van der Waals surface area contributed by atoms with Gasteiger partial charge in [-0.15, -0.1) is 0 Å². The molecule has 3 heterocycles. The van der Waals surface area contributed by atoms with Gasteiger partial charge in [-0.05, 0) is 44.9 Å². The average molecular weight is 367 g/mol. The number of amides is 1. The summed E-state index contributed by atoms with van der Waals surface area (Å²) in [6, 6.07) is 12.3. The molecule has 0 saturated carbocycles. The summed E-state index contributed by atoms with van der Waals surface area (Å²) in [7, 11) is 0. The van der Waals surface area contributed by atoms with E-state index in [2.05, 4.69) is 28.5 Å². The first-order valence-corrected chi connectivity index (χ1v) is 10.0. The molecule has 4 rings (SSSR count). The fourth-order valence-corrected chi connectivity index (χ4v) is 4.33. The highest BCUT2D eigenvalue weighted by atomic mass is 16.5. The maximum absolute atomic E-state index is 13.1. The minimum Gasteiger partial charge on any atom is -0.377 e. The highest BCUT2D eigenvalue weighted by Gasteiger charge is 2.27. The van der Waals surface area contributed by atoms with Crippen molar-refractivity contribution in [1.29, 1.82) is 0 Å². The second kappa shape index (κ2) is 7.87. The summed E-state index contributed by atoms with van der Waals surface area (Å²) in [6.07, 6.45) is 2.74. The number of rotatable bonds is 4. The molecular formula is C22H29N3O2. The maximum Gasteiger partial charge on any atom is 0.255 e. The number of nitrogens with zero attached hydrogens (tertiary/aromatic N) is 3. The SMILES string of the molecule is Cc1cc(C(=O)N2CCN(CC3CCCO3)CC2)c(C)n1-c1ccccc1. The molecule has 0 N–H and O–H groups in total. The zero-order valence-electron chi connectivity index (χ0n) is 16.4. The quantitative estimate of drug-likeness (QED) is 0.834. The first-order chi connectivity index (χ1) is 13.1. The van der Waals surface area contributed by atoms with Gasteiger partial charge in [0.1, 0.15) is 0 Å². The minimum absolute atomic E-state index is 0.155. The molecule has 2 aliphatic rings. The van der Waals surface area contributed by atoms with Crippen molar-refractivity contribution in [3.8, 4) is 5.69 Å². The highest BCUT2D eigenvalue weighted by Crippen LogP contribution is 2.23. The van der Waals surface area contributed by atoms with Crippen LogP contribution in [0.5, 0.6) is 0 Å². The molecule has 1 atom stereocenters. The minimum atomic E-state index is 0.155. The molecule has 2 fully saturated rings. The molecule has 0 aliphatic carbocycles. The Bertz CT molecular complexity index is 785. The molecule has 1 amide bonds. The van der Waals surface area contributed by atoms with Crippen molar-refractivity contribution in [1.82, 2.24) is 14.4 Å². The van der Waals surface area contributed by atoms with Crippen molar-refractivity contribution in [2.45, 2.75) is 32.8 Å². The molecule has 1 aromatic carbocycles. The van der Waals surface area contributed by atoms with E-state index in [9.17, 15) is 4.79 Å². The third-order valence-electron chi connectivity index (χ3n) is 5.82. The first-order valence-electron chi connectivity index (χ1n) is 10.0. The smallest absolute Gasteiger partial charge is 0.255 e. The van der Waals surface area contributed by atoms with Crippen molar-refractivity contribution in [2.24, 2.45) is 0 Å². The summed E-state index contributed by atoms with van der Waals surface area (Å²) >= 11 is 0. The molecule has 0 bridgehead atoms. The van der Waals surface area contributed by atoms with Gasteiger partial charge in [0.25, 0.3) is 5.91 Å². The lowest BCUT2D eigenvalue weighted by Gasteiger charge is -2.35. The van der Waals surface area contributed by atoms with Gasteiger partial charge in [-0.25, -0.2) is 0 Å². The van der Waals surface area contributed by atoms with Gasteiger partial charge in [0.2, 0.25) is 0 Å². The molecule has 2 aromatic rings. The molecule has 1 aromatic heterocycles. The second-order valence-corrected chi connectivity index (χ2v) is 7.68. The molecule has 0 spiro atoms. The van der Waals surface area contributed by atoms with Gasteiger partial charge in [-0.2, -0.15) is 0 Å². The van der Waals surface area contributed by atoms with E-state index < -0.39 is 0 Å². The number of benzene rings is 1. The lowest BCUT2D eigenvalue weighted by atomic mass is 10.1. The lowest BCUT2D eigenvalue weighted by Crippen LogP contribution is -2.50. The van der Waals surface area contributed by atoms with E-state index >= 15 is 0 Å². The molecule has 27 heavy (non-hydrogen) atoms. The fourth-order valence-electron chi connectivity index (χ4n) is 4.33. The average Bonchev–Trinajstić information content (AvgIpc) is 3.30. The van der Waals surface area contributed by atoms with Crippen LogP contribution >= 0.6 is 0 Å². The summed E-state index contributed by atoms with van der Waals surface area (Å²) < 4.78 is 7.92. The highest BCUT2D eigenvalue weighted by molar-refractivity contribution is 5.96. The third-order valence-corrected chi connectivity index (χ3v) is 5.82. The molecule has 144 valence electrons. The largest absolute Gasteiger partial charge is 0.377 e. The number of para-hydroxylation sites is 1. The Morgan fingerprint density at radius 3 is 2.52 bits per heavy atom.